The van der Waals surface area contributed by atoms with Crippen LogP contribution in [0.5, 0.6) is 0 Å². The topological polar surface area (TPSA) is 90.0 Å². The first kappa shape index (κ1) is 18.3. The van der Waals surface area contributed by atoms with Crippen LogP contribution in [0, 0.1) is 6.92 Å². The van der Waals surface area contributed by atoms with E-state index in [1.165, 1.54) is 19.2 Å². The molecule has 7 nitrogen and oxygen atoms in total. The van der Waals surface area contributed by atoms with Crippen molar-refractivity contribution in [1.29, 1.82) is 0 Å². The fraction of sp³-hybridized carbons (Fsp3) is 0.500. The van der Waals surface area contributed by atoms with Crippen molar-refractivity contribution in [2.75, 3.05) is 7.11 Å². The molecule has 132 valence electrons. The standard InChI is InChI=1S/C16H21NO6S/c1-11-5-7-13(8-6-11)24(20,21)17-12(9-14(18)22-4)10-16(2,3)23-15(17)19/h5-8,12H,9-10H2,1-4H3. The number of hydrogen-bond donors (Lipinski definition) is 0. The Labute approximate surface area is 141 Å². The van der Waals surface area contributed by atoms with Gasteiger partial charge in [0.15, 0.2) is 0 Å². The van der Waals surface area contributed by atoms with E-state index in [9.17, 15) is 18.0 Å². The van der Waals surface area contributed by atoms with Gasteiger partial charge in [0.25, 0.3) is 10.0 Å². The predicted molar refractivity (Wildman–Crippen MR) is 85.8 cm³/mol. The molecular weight excluding hydrogens is 334 g/mol. The van der Waals surface area contributed by atoms with Crippen molar-refractivity contribution in [1.82, 2.24) is 4.31 Å². The molecule has 0 spiro atoms. The maximum atomic E-state index is 12.9. The third kappa shape index (κ3) is 3.69. The van der Waals surface area contributed by atoms with Crippen molar-refractivity contribution in [2.45, 2.75) is 50.2 Å². The number of rotatable bonds is 4. The Morgan fingerprint density at radius 3 is 2.46 bits per heavy atom. The first-order chi connectivity index (χ1) is 11.1. The Hall–Kier alpha value is -2.09. The number of sulfonamides is 1. The zero-order valence-corrected chi connectivity index (χ0v) is 14.9. The molecule has 1 unspecified atom stereocenters. The Kier molecular flexibility index (Phi) is 4.89. The maximum Gasteiger partial charge on any atom is 0.424 e. The molecule has 0 bridgehead atoms. The number of cyclic esters (lactones) is 1. The number of carbonyl (C=O) groups is 2. The lowest BCUT2D eigenvalue weighted by molar-refractivity contribution is -0.142. The number of amides is 1. The van der Waals surface area contributed by atoms with Gasteiger partial charge in [0.05, 0.1) is 24.5 Å². The summed E-state index contributed by atoms with van der Waals surface area (Å²) in [5.74, 6) is -0.588. The van der Waals surface area contributed by atoms with E-state index in [2.05, 4.69) is 4.74 Å². The van der Waals surface area contributed by atoms with Crippen LogP contribution in [0.15, 0.2) is 29.2 Å². The lowest BCUT2D eigenvalue weighted by atomic mass is 9.95. The zero-order chi connectivity index (χ0) is 18.1. The SMILES string of the molecule is COC(=O)CC1CC(C)(C)OC(=O)N1S(=O)(=O)c1ccc(C)cc1. The second-order valence-corrected chi connectivity index (χ2v) is 8.19. The molecule has 1 amide bonds. The summed E-state index contributed by atoms with van der Waals surface area (Å²) in [4.78, 5) is 24.0. The summed E-state index contributed by atoms with van der Waals surface area (Å²) in [6, 6.07) is 5.27. The second-order valence-electron chi connectivity index (χ2n) is 6.38. The van der Waals surface area contributed by atoms with E-state index in [0.717, 1.165) is 5.56 Å². The molecule has 1 fully saturated rings. The van der Waals surface area contributed by atoms with Crippen LogP contribution in [0.25, 0.3) is 0 Å². The van der Waals surface area contributed by atoms with Crippen molar-refractivity contribution < 1.29 is 27.5 Å². The van der Waals surface area contributed by atoms with Gasteiger partial charge in [-0.15, -0.1) is 0 Å². The smallest absolute Gasteiger partial charge is 0.424 e. The fourth-order valence-corrected chi connectivity index (χ4v) is 4.15. The second kappa shape index (κ2) is 6.43. The van der Waals surface area contributed by atoms with Gasteiger partial charge in [-0.1, -0.05) is 17.7 Å². The van der Waals surface area contributed by atoms with E-state index in [1.807, 2.05) is 6.92 Å². The van der Waals surface area contributed by atoms with Gasteiger partial charge in [0, 0.05) is 6.42 Å². The van der Waals surface area contributed by atoms with Crippen LogP contribution in [-0.4, -0.2) is 43.5 Å². The van der Waals surface area contributed by atoms with E-state index in [1.54, 1.807) is 26.0 Å². The van der Waals surface area contributed by atoms with Crippen LogP contribution in [0.2, 0.25) is 0 Å². The molecule has 1 atom stereocenters. The number of esters is 1. The van der Waals surface area contributed by atoms with Gasteiger partial charge < -0.3 is 9.47 Å². The van der Waals surface area contributed by atoms with Gasteiger partial charge in [-0.25, -0.2) is 13.2 Å². The molecule has 1 aromatic carbocycles. The Bertz CT molecular complexity index is 738. The Balaban J connectivity index is 2.44. The quantitative estimate of drug-likeness (QED) is 0.770. The molecule has 1 aliphatic rings. The summed E-state index contributed by atoms with van der Waals surface area (Å²) >= 11 is 0. The van der Waals surface area contributed by atoms with Gasteiger partial charge in [-0.3, -0.25) is 4.79 Å². The predicted octanol–water partition coefficient (Wildman–Crippen LogP) is 2.24. The highest BCUT2D eigenvalue weighted by Gasteiger charge is 2.47. The zero-order valence-electron chi connectivity index (χ0n) is 14.1. The Morgan fingerprint density at radius 2 is 1.92 bits per heavy atom. The molecular formula is C16H21NO6S. The Morgan fingerprint density at radius 1 is 1.33 bits per heavy atom. The summed E-state index contributed by atoms with van der Waals surface area (Å²) in [7, 11) is -2.91. The van der Waals surface area contributed by atoms with E-state index >= 15 is 0 Å². The van der Waals surface area contributed by atoms with Crippen molar-refractivity contribution in [3.63, 3.8) is 0 Å². The molecule has 0 aromatic heterocycles. The van der Waals surface area contributed by atoms with Gasteiger partial charge in [-0.05, 0) is 32.9 Å². The molecule has 8 heteroatoms. The van der Waals surface area contributed by atoms with Gasteiger partial charge in [0.2, 0.25) is 0 Å². The molecule has 1 aromatic rings. The van der Waals surface area contributed by atoms with Crippen LogP contribution < -0.4 is 0 Å². The first-order valence-electron chi connectivity index (χ1n) is 7.48. The lowest BCUT2D eigenvalue weighted by Gasteiger charge is -2.41. The van der Waals surface area contributed by atoms with Crippen molar-refractivity contribution >= 4 is 22.1 Å². The first-order valence-corrected chi connectivity index (χ1v) is 8.92. The molecule has 1 aliphatic heterocycles. The van der Waals surface area contributed by atoms with E-state index < -0.39 is 33.7 Å². The highest BCUT2D eigenvalue weighted by atomic mass is 32.2. The fourth-order valence-electron chi connectivity index (χ4n) is 2.67. The summed E-state index contributed by atoms with van der Waals surface area (Å²) in [6.07, 6.45) is -1.01. The highest BCUT2D eigenvalue weighted by molar-refractivity contribution is 7.89. The van der Waals surface area contributed by atoms with Gasteiger partial charge in [-0.2, -0.15) is 4.31 Å². The lowest BCUT2D eigenvalue weighted by Crippen LogP contribution is -2.55. The van der Waals surface area contributed by atoms with Gasteiger partial charge >= 0.3 is 12.1 Å². The number of hydrogen-bond acceptors (Lipinski definition) is 6. The van der Waals surface area contributed by atoms with Crippen molar-refractivity contribution in [3.05, 3.63) is 29.8 Å². The minimum atomic E-state index is -4.13. The molecule has 1 saturated heterocycles. The largest absolute Gasteiger partial charge is 0.469 e. The van der Waals surface area contributed by atoms with Crippen LogP contribution in [0.1, 0.15) is 32.3 Å². The maximum absolute atomic E-state index is 12.9. The molecule has 0 aliphatic carbocycles. The number of nitrogens with zero attached hydrogens (tertiary/aromatic N) is 1. The summed E-state index contributed by atoms with van der Waals surface area (Å²) in [5, 5.41) is 0. The average molecular weight is 355 g/mol. The number of aryl methyl sites for hydroxylation is 1. The van der Waals surface area contributed by atoms with Crippen LogP contribution >= 0.6 is 0 Å². The van der Waals surface area contributed by atoms with E-state index in [-0.39, 0.29) is 17.7 Å². The highest BCUT2D eigenvalue weighted by Crippen LogP contribution is 2.33. The van der Waals surface area contributed by atoms with Crippen molar-refractivity contribution in [2.24, 2.45) is 0 Å². The molecule has 24 heavy (non-hydrogen) atoms. The normalized spacial score (nSPS) is 20.4. The molecule has 0 N–H and O–H groups in total. The van der Waals surface area contributed by atoms with E-state index in [0.29, 0.717) is 4.31 Å². The summed E-state index contributed by atoms with van der Waals surface area (Å²) in [6.45, 7) is 5.17. The van der Waals surface area contributed by atoms with E-state index in [4.69, 9.17) is 4.74 Å². The van der Waals surface area contributed by atoms with Crippen LogP contribution in [0.3, 0.4) is 0 Å². The number of benzene rings is 1. The van der Waals surface area contributed by atoms with Crippen LogP contribution in [0.4, 0.5) is 4.79 Å². The third-order valence-electron chi connectivity index (χ3n) is 3.81. The average Bonchev–Trinajstić information content (AvgIpc) is 2.45. The third-order valence-corrected chi connectivity index (χ3v) is 5.64. The van der Waals surface area contributed by atoms with Gasteiger partial charge in [0.1, 0.15) is 5.60 Å². The number of ether oxygens (including phenoxy) is 2. The van der Waals surface area contributed by atoms with Crippen LogP contribution in [-0.2, 0) is 24.3 Å². The molecule has 2 rings (SSSR count). The number of carbonyl (C=O) groups excluding carboxylic acids is 2. The summed E-state index contributed by atoms with van der Waals surface area (Å²) in [5.41, 5.74) is 0.0251. The molecule has 1 heterocycles. The monoisotopic (exact) mass is 355 g/mol. The molecule has 0 saturated carbocycles. The minimum Gasteiger partial charge on any atom is -0.469 e. The molecule has 0 radical (unpaired) electrons. The van der Waals surface area contributed by atoms with Crippen molar-refractivity contribution in [3.8, 4) is 0 Å². The minimum absolute atomic E-state index is 0.0281. The number of methoxy groups -OCH3 is 1. The summed E-state index contributed by atoms with van der Waals surface area (Å²) < 4.78 is 36.2.